The fraction of sp³-hybridized carbons (Fsp3) is 0.778. The Bertz CT molecular complexity index is 28.0. The molecule has 0 aliphatic carbocycles. The van der Waals surface area contributed by atoms with Gasteiger partial charge in [0.25, 0.3) is 0 Å². The Hall–Kier alpha value is 0.384. The van der Waals surface area contributed by atoms with Crippen molar-refractivity contribution in [2.24, 2.45) is 5.92 Å². The van der Waals surface area contributed by atoms with E-state index >= 15 is 0 Å². The summed E-state index contributed by atoms with van der Waals surface area (Å²) in [6, 6.07) is 0. The van der Waals surface area contributed by atoms with E-state index < -0.39 is 0 Å². The first kappa shape index (κ1) is 22.5. The molecule has 11 heavy (non-hydrogen) atoms. The van der Waals surface area contributed by atoms with E-state index in [4.69, 9.17) is 4.21 Å². The molecule has 1 N–H and O–H groups in total. The summed E-state index contributed by atoms with van der Waals surface area (Å²) < 4.78 is 5.69. The van der Waals surface area contributed by atoms with Crippen LogP contribution in [-0.4, -0.2) is 0 Å². The van der Waals surface area contributed by atoms with Crippen LogP contribution in [-0.2, 0) is 17.2 Å². The molecule has 0 bridgehead atoms. The molecule has 0 saturated carbocycles. The predicted octanol–water partition coefficient (Wildman–Crippen LogP) is 4.03. The molecule has 1 nitrogen and oxygen atoms in total. The van der Waals surface area contributed by atoms with Crippen molar-refractivity contribution in [3.63, 3.8) is 0 Å². The van der Waals surface area contributed by atoms with Crippen LogP contribution in [0.25, 0.3) is 0 Å². The van der Waals surface area contributed by atoms with E-state index in [1.165, 1.54) is 0 Å². The average Bonchev–Trinajstić information content (AvgIpc) is 1.96. The Labute approximate surface area is 82.6 Å². The Morgan fingerprint density at radius 1 is 1.18 bits per heavy atom. The summed E-state index contributed by atoms with van der Waals surface area (Å²) in [5, 5.41) is 0. The van der Waals surface area contributed by atoms with Crippen LogP contribution in [0.3, 0.4) is 0 Å². The van der Waals surface area contributed by atoms with Crippen LogP contribution in [0.4, 0.5) is 0 Å². The van der Waals surface area contributed by atoms with Gasteiger partial charge in [0.2, 0.25) is 0 Å². The normalized spacial score (nSPS) is 6.00. The van der Waals surface area contributed by atoms with Crippen LogP contribution in [0.15, 0.2) is 0 Å². The molecular formula is C9H23NV. The Balaban J connectivity index is -0.0000000315. The van der Waals surface area contributed by atoms with Crippen molar-refractivity contribution in [1.29, 1.82) is 4.21 Å². The summed E-state index contributed by atoms with van der Waals surface area (Å²) in [5.41, 5.74) is 0. The number of hydrogen-bond donors (Lipinski definition) is 1. The first-order valence-electron chi connectivity index (χ1n) is 3.94. The van der Waals surface area contributed by atoms with E-state index in [0.29, 0.717) is 5.92 Å². The van der Waals surface area contributed by atoms with E-state index in [1.807, 2.05) is 34.1 Å². The summed E-state index contributed by atoms with van der Waals surface area (Å²) >= 11 is 1.56. The van der Waals surface area contributed by atoms with Gasteiger partial charge in [-0.25, -0.2) is 0 Å². The van der Waals surface area contributed by atoms with Crippen molar-refractivity contribution in [3.05, 3.63) is 13.3 Å². The molecule has 0 fully saturated rings. The second-order valence-corrected chi connectivity index (χ2v) is 1.97. The van der Waals surface area contributed by atoms with Gasteiger partial charge in [-0.15, -0.1) is 0 Å². The van der Waals surface area contributed by atoms with Crippen molar-refractivity contribution in [2.45, 2.75) is 41.5 Å². The Morgan fingerprint density at radius 2 is 1.18 bits per heavy atom. The van der Waals surface area contributed by atoms with E-state index in [0.717, 1.165) is 0 Å². The molecule has 0 rings (SSSR count). The summed E-state index contributed by atoms with van der Waals surface area (Å²) in [6.45, 7) is 15.8. The summed E-state index contributed by atoms with van der Waals surface area (Å²) in [4.78, 5) is 0. The Morgan fingerprint density at radius 3 is 1.18 bits per heavy atom. The minimum absolute atomic E-state index is 0.583. The zero-order chi connectivity index (χ0) is 10.3. The molecule has 0 unspecified atom stereocenters. The molecule has 0 atom stereocenters. The maximum absolute atomic E-state index is 5.69. The summed E-state index contributed by atoms with van der Waals surface area (Å²) in [7, 11) is 0. The van der Waals surface area contributed by atoms with E-state index in [2.05, 4.69) is 20.8 Å². The van der Waals surface area contributed by atoms with Crippen molar-refractivity contribution < 1.29 is 17.2 Å². The molecule has 0 saturated heterocycles. The van der Waals surface area contributed by atoms with Gasteiger partial charge >= 0.3 is 21.4 Å². The Kier molecular flexibility index (Phi) is 97.4. The standard InChI is InChI=1S/C4H9.C3H7.C2H6.HN.V/c1-4(2)3;1-3-2;1-2;;/h4H,1H2,2-3H3;3H,1-2H3;1-2H3;1H;/q2*-1;;;+2. The second-order valence-electron chi connectivity index (χ2n) is 1.97. The summed E-state index contributed by atoms with van der Waals surface area (Å²) in [5.74, 6) is 0.583. The van der Waals surface area contributed by atoms with E-state index in [9.17, 15) is 0 Å². The van der Waals surface area contributed by atoms with Gasteiger partial charge in [-0.05, 0) is 0 Å². The van der Waals surface area contributed by atoms with Crippen molar-refractivity contribution in [2.75, 3.05) is 0 Å². The topological polar surface area (TPSA) is 23.9 Å². The minimum atomic E-state index is 0.583. The van der Waals surface area contributed by atoms with Gasteiger partial charge < -0.3 is 13.3 Å². The molecule has 0 aliphatic heterocycles. The van der Waals surface area contributed by atoms with Crippen LogP contribution in [0, 0.1) is 23.5 Å². The molecule has 0 aromatic carbocycles. The molecule has 0 heterocycles. The number of hydrogen-bond acceptors (Lipinski definition) is 1. The van der Waals surface area contributed by atoms with Gasteiger partial charge in [-0.2, -0.15) is 19.8 Å². The van der Waals surface area contributed by atoms with Crippen molar-refractivity contribution in [3.8, 4) is 0 Å². The number of rotatable bonds is 0. The van der Waals surface area contributed by atoms with Gasteiger partial charge in [-0.1, -0.05) is 27.7 Å². The predicted molar refractivity (Wildman–Crippen MR) is 49.9 cm³/mol. The van der Waals surface area contributed by atoms with Gasteiger partial charge in [0.15, 0.2) is 0 Å². The van der Waals surface area contributed by atoms with E-state index in [-0.39, 0.29) is 0 Å². The molecule has 69 valence electrons. The van der Waals surface area contributed by atoms with Gasteiger partial charge in [0.05, 0.1) is 0 Å². The monoisotopic (exact) mass is 196 g/mol. The van der Waals surface area contributed by atoms with Gasteiger partial charge in [-0.3, -0.25) is 0 Å². The van der Waals surface area contributed by atoms with E-state index in [1.54, 1.807) is 17.2 Å². The van der Waals surface area contributed by atoms with Crippen molar-refractivity contribution in [1.82, 2.24) is 0 Å². The van der Waals surface area contributed by atoms with Crippen LogP contribution in [0.1, 0.15) is 41.5 Å². The molecular weight excluding hydrogens is 173 g/mol. The molecule has 0 spiro atoms. The van der Waals surface area contributed by atoms with Crippen LogP contribution >= 0.6 is 0 Å². The van der Waals surface area contributed by atoms with Gasteiger partial charge in [0.1, 0.15) is 0 Å². The fourth-order valence-corrected chi connectivity index (χ4v) is 0. The molecule has 0 radical (unpaired) electrons. The zero-order valence-corrected chi connectivity index (χ0v) is 10.2. The molecule has 0 amide bonds. The van der Waals surface area contributed by atoms with Gasteiger partial charge in [0, 0.05) is 0 Å². The SMILES string of the molecule is CC.C[CH-]C.[CH2-]C(C)C.[NH]=[V+2]. The molecule has 2 heteroatoms. The third-order valence-electron chi connectivity index (χ3n) is 0. The zero-order valence-electron chi connectivity index (χ0n) is 8.81. The van der Waals surface area contributed by atoms with Crippen LogP contribution in [0.2, 0.25) is 0 Å². The van der Waals surface area contributed by atoms with Crippen LogP contribution in [0.5, 0.6) is 0 Å². The third kappa shape index (κ3) is 4940. The third-order valence-corrected chi connectivity index (χ3v) is 0. The quantitative estimate of drug-likeness (QED) is 0.565. The first-order chi connectivity index (χ1) is 5.15. The molecule has 0 aliphatic rings. The number of nitrogens with one attached hydrogen (secondary N) is 1. The van der Waals surface area contributed by atoms with Crippen molar-refractivity contribution >= 4 is 0 Å². The molecule has 0 aromatic heterocycles. The maximum atomic E-state index is 5.69. The average molecular weight is 196 g/mol. The fourth-order valence-electron chi connectivity index (χ4n) is 0. The summed E-state index contributed by atoms with van der Waals surface area (Å²) in [6.07, 6.45) is 2.00. The first-order valence-corrected chi connectivity index (χ1v) is 4.64. The van der Waals surface area contributed by atoms with Crippen LogP contribution < -0.4 is 0 Å². The second kappa shape index (κ2) is 47.6. The molecule has 0 aromatic rings.